The molecule has 106 valence electrons. The zero-order valence-electron chi connectivity index (χ0n) is 12.4. The summed E-state index contributed by atoms with van der Waals surface area (Å²) >= 11 is 0. The van der Waals surface area contributed by atoms with E-state index in [1.54, 1.807) is 0 Å². The van der Waals surface area contributed by atoms with E-state index in [9.17, 15) is 0 Å². The second kappa shape index (κ2) is 7.06. The molecule has 2 unspecified atom stereocenters. The van der Waals surface area contributed by atoms with Crippen LogP contribution in [0.4, 0.5) is 0 Å². The van der Waals surface area contributed by atoms with Crippen LogP contribution in [0.1, 0.15) is 50.2 Å². The van der Waals surface area contributed by atoms with Gasteiger partial charge in [-0.05, 0) is 49.4 Å². The van der Waals surface area contributed by atoms with E-state index in [0.29, 0.717) is 12.0 Å². The highest BCUT2D eigenvalue weighted by molar-refractivity contribution is 5.26. The average Bonchev–Trinajstić information content (AvgIpc) is 2.49. The molecule has 1 aliphatic rings. The van der Waals surface area contributed by atoms with Crippen LogP contribution in [0.5, 0.6) is 0 Å². The Morgan fingerprint density at radius 3 is 2.26 bits per heavy atom. The van der Waals surface area contributed by atoms with Crippen molar-refractivity contribution in [3.8, 4) is 0 Å². The van der Waals surface area contributed by atoms with Crippen molar-refractivity contribution in [3.63, 3.8) is 0 Å². The molecule has 1 fully saturated rings. The predicted octanol–water partition coefficient (Wildman–Crippen LogP) is 3.17. The maximum Gasteiger partial charge on any atom is 0.0284 e. The van der Waals surface area contributed by atoms with Gasteiger partial charge in [0.1, 0.15) is 0 Å². The van der Waals surface area contributed by atoms with Crippen LogP contribution < -0.4 is 5.73 Å². The lowest BCUT2D eigenvalue weighted by atomic mass is 9.90. The Morgan fingerprint density at radius 1 is 1.11 bits per heavy atom. The third-order valence-electron chi connectivity index (χ3n) is 4.59. The fourth-order valence-corrected chi connectivity index (χ4v) is 3.20. The smallest absolute Gasteiger partial charge is 0.0284 e. The first-order valence-electron chi connectivity index (χ1n) is 7.79. The highest BCUT2D eigenvalue weighted by Crippen LogP contribution is 2.25. The Balaban J connectivity index is 2.07. The van der Waals surface area contributed by atoms with Crippen LogP contribution in [0.25, 0.3) is 0 Å². The van der Waals surface area contributed by atoms with Gasteiger partial charge in [-0.1, -0.05) is 44.5 Å². The number of piperidine rings is 1. The lowest BCUT2D eigenvalue weighted by molar-refractivity contribution is 0.149. The van der Waals surface area contributed by atoms with Gasteiger partial charge in [-0.2, -0.15) is 0 Å². The molecule has 0 aromatic heterocycles. The van der Waals surface area contributed by atoms with Crippen molar-refractivity contribution < 1.29 is 0 Å². The SMILES string of the molecule is CCc1ccc(C(C)C(CN)N2CCCCC2)cc1. The molecule has 1 saturated heterocycles. The van der Waals surface area contributed by atoms with E-state index < -0.39 is 0 Å². The first-order valence-corrected chi connectivity index (χ1v) is 7.79. The monoisotopic (exact) mass is 260 g/mol. The second-order valence-corrected chi connectivity index (χ2v) is 5.78. The van der Waals surface area contributed by atoms with Gasteiger partial charge in [0.2, 0.25) is 0 Å². The van der Waals surface area contributed by atoms with E-state index >= 15 is 0 Å². The molecule has 2 atom stereocenters. The number of hydrogen-bond donors (Lipinski definition) is 1. The molecule has 1 aromatic rings. The average molecular weight is 260 g/mol. The van der Waals surface area contributed by atoms with Gasteiger partial charge in [0.15, 0.2) is 0 Å². The maximum absolute atomic E-state index is 6.06. The van der Waals surface area contributed by atoms with Crippen molar-refractivity contribution >= 4 is 0 Å². The van der Waals surface area contributed by atoms with Crippen LogP contribution in [-0.2, 0) is 6.42 Å². The molecule has 0 bridgehead atoms. The molecule has 0 aliphatic carbocycles. The molecule has 1 aliphatic heterocycles. The van der Waals surface area contributed by atoms with Crippen LogP contribution in [0, 0.1) is 0 Å². The molecule has 19 heavy (non-hydrogen) atoms. The van der Waals surface area contributed by atoms with Crippen LogP contribution in [-0.4, -0.2) is 30.6 Å². The number of likely N-dealkylation sites (tertiary alicyclic amines) is 1. The fourth-order valence-electron chi connectivity index (χ4n) is 3.20. The van der Waals surface area contributed by atoms with Gasteiger partial charge in [0.25, 0.3) is 0 Å². The van der Waals surface area contributed by atoms with Crippen LogP contribution in [0.15, 0.2) is 24.3 Å². The van der Waals surface area contributed by atoms with Crippen molar-refractivity contribution in [1.82, 2.24) is 4.90 Å². The van der Waals surface area contributed by atoms with Gasteiger partial charge in [-0.15, -0.1) is 0 Å². The van der Waals surface area contributed by atoms with Gasteiger partial charge in [0.05, 0.1) is 0 Å². The minimum absolute atomic E-state index is 0.493. The number of rotatable bonds is 5. The van der Waals surface area contributed by atoms with E-state index in [1.807, 2.05) is 0 Å². The first-order chi connectivity index (χ1) is 9.26. The summed E-state index contributed by atoms with van der Waals surface area (Å²) in [5, 5.41) is 0. The van der Waals surface area contributed by atoms with Gasteiger partial charge < -0.3 is 5.73 Å². The molecular weight excluding hydrogens is 232 g/mol. The number of nitrogens with zero attached hydrogens (tertiary/aromatic N) is 1. The third-order valence-corrected chi connectivity index (χ3v) is 4.59. The van der Waals surface area contributed by atoms with Gasteiger partial charge in [-0.25, -0.2) is 0 Å². The molecule has 1 aromatic carbocycles. The summed E-state index contributed by atoms with van der Waals surface area (Å²) in [4.78, 5) is 2.60. The van der Waals surface area contributed by atoms with Crippen molar-refractivity contribution in [2.24, 2.45) is 5.73 Å². The summed E-state index contributed by atoms with van der Waals surface area (Å²) in [7, 11) is 0. The van der Waals surface area contributed by atoms with E-state index in [4.69, 9.17) is 5.73 Å². The quantitative estimate of drug-likeness (QED) is 0.881. The highest BCUT2D eigenvalue weighted by Gasteiger charge is 2.25. The summed E-state index contributed by atoms with van der Waals surface area (Å²) in [6, 6.07) is 9.59. The van der Waals surface area contributed by atoms with E-state index in [-0.39, 0.29) is 0 Å². The van der Waals surface area contributed by atoms with E-state index in [2.05, 4.69) is 43.0 Å². The number of benzene rings is 1. The maximum atomic E-state index is 6.06. The van der Waals surface area contributed by atoms with Crippen molar-refractivity contribution in [2.75, 3.05) is 19.6 Å². The van der Waals surface area contributed by atoms with Crippen molar-refractivity contribution in [1.29, 1.82) is 0 Å². The predicted molar refractivity (Wildman–Crippen MR) is 82.5 cm³/mol. The Kier molecular flexibility index (Phi) is 5.41. The molecule has 2 heteroatoms. The van der Waals surface area contributed by atoms with Crippen LogP contribution in [0.3, 0.4) is 0 Å². The summed E-state index contributed by atoms with van der Waals surface area (Å²) < 4.78 is 0. The van der Waals surface area contributed by atoms with Gasteiger partial charge in [0, 0.05) is 12.6 Å². The van der Waals surface area contributed by atoms with Crippen molar-refractivity contribution in [2.45, 2.75) is 51.5 Å². The normalized spacial score (nSPS) is 20.2. The Bertz CT molecular complexity index is 365. The van der Waals surface area contributed by atoms with Gasteiger partial charge >= 0.3 is 0 Å². The first kappa shape index (κ1) is 14.5. The summed E-state index contributed by atoms with van der Waals surface area (Å²) in [5.41, 5.74) is 8.90. The van der Waals surface area contributed by atoms with Crippen LogP contribution in [0.2, 0.25) is 0 Å². The molecule has 0 saturated carbocycles. The van der Waals surface area contributed by atoms with E-state index in [1.165, 1.54) is 43.5 Å². The zero-order valence-corrected chi connectivity index (χ0v) is 12.4. The minimum atomic E-state index is 0.493. The molecule has 1 heterocycles. The third kappa shape index (κ3) is 3.58. The lowest BCUT2D eigenvalue weighted by Gasteiger charge is -2.37. The van der Waals surface area contributed by atoms with E-state index in [0.717, 1.165) is 13.0 Å². The highest BCUT2D eigenvalue weighted by atomic mass is 15.2. The molecule has 2 nitrogen and oxygen atoms in total. The molecule has 0 radical (unpaired) electrons. The lowest BCUT2D eigenvalue weighted by Crippen LogP contribution is -2.46. The Morgan fingerprint density at radius 2 is 1.74 bits per heavy atom. The number of aryl methyl sites for hydroxylation is 1. The minimum Gasteiger partial charge on any atom is -0.329 e. The Hall–Kier alpha value is -0.860. The number of nitrogens with two attached hydrogens (primary N) is 1. The summed E-state index contributed by atoms with van der Waals surface area (Å²) in [5.74, 6) is 0.522. The molecule has 2 N–H and O–H groups in total. The zero-order chi connectivity index (χ0) is 13.7. The molecular formula is C17H28N2. The molecule has 2 rings (SSSR count). The largest absolute Gasteiger partial charge is 0.329 e. The Labute approximate surface area is 118 Å². The second-order valence-electron chi connectivity index (χ2n) is 5.78. The van der Waals surface area contributed by atoms with Gasteiger partial charge in [-0.3, -0.25) is 4.90 Å². The summed E-state index contributed by atoms with van der Waals surface area (Å²) in [6.07, 6.45) is 5.16. The molecule has 0 spiro atoms. The molecule has 0 amide bonds. The fraction of sp³-hybridized carbons (Fsp3) is 0.647. The summed E-state index contributed by atoms with van der Waals surface area (Å²) in [6.45, 7) is 7.73. The standard InChI is InChI=1S/C17H28N2/c1-3-15-7-9-16(10-8-15)14(2)17(13-18)19-11-5-4-6-12-19/h7-10,14,17H,3-6,11-13,18H2,1-2H3. The van der Waals surface area contributed by atoms with Crippen LogP contribution >= 0.6 is 0 Å². The number of hydrogen-bond acceptors (Lipinski definition) is 2. The van der Waals surface area contributed by atoms with Crippen molar-refractivity contribution in [3.05, 3.63) is 35.4 Å². The topological polar surface area (TPSA) is 29.3 Å².